The third-order valence-corrected chi connectivity index (χ3v) is 2.44. The lowest BCUT2D eigenvalue weighted by molar-refractivity contribution is 0.876. The van der Waals surface area contributed by atoms with E-state index in [0.29, 0.717) is 0 Å². The standard InChI is InChI=1S/C13H14N2O/c1-2-5-12-10(7-8-13(16)15-12)11-6-3-4-9-14-11/h3-4,6-9H,2,5H2,1H3,(H,15,16). The molecule has 0 bridgehead atoms. The highest BCUT2D eigenvalue weighted by Crippen LogP contribution is 2.19. The van der Waals surface area contributed by atoms with Crippen LogP contribution < -0.4 is 5.56 Å². The minimum atomic E-state index is -0.0527. The second-order valence-corrected chi connectivity index (χ2v) is 3.68. The molecule has 0 aliphatic rings. The Morgan fingerprint density at radius 1 is 1.25 bits per heavy atom. The van der Waals surface area contributed by atoms with E-state index in [1.807, 2.05) is 24.3 Å². The average Bonchev–Trinajstić information content (AvgIpc) is 2.31. The van der Waals surface area contributed by atoms with Gasteiger partial charge in [0, 0.05) is 23.5 Å². The number of nitrogens with one attached hydrogen (secondary N) is 1. The molecule has 16 heavy (non-hydrogen) atoms. The average molecular weight is 214 g/mol. The lowest BCUT2D eigenvalue weighted by Gasteiger charge is -2.07. The van der Waals surface area contributed by atoms with Crippen molar-refractivity contribution in [3.63, 3.8) is 0 Å². The minimum absolute atomic E-state index is 0.0527. The van der Waals surface area contributed by atoms with E-state index in [1.54, 1.807) is 12.3 Å². The van der Waals surface area contributed by atoms with Crippen LogP contribution in [-0.2, 0) is 6.42 Å². The van der Waals surface area contributed by atoms with Gasteiger partial charge in [-0.05, 0) is 24.6 Å². The van der Waals surface area contributed by atoms with Crippen LogP contribution in [0.3, 0.4) is 0 Å². The molecule has 0 radical (unpaired) electrons. The van der Waals surface area contributed by atoms with E-state index < -0.39 is 0 Å². The molecule has 3 nitrogen and oxygen atoms in total. The molecular weight excluding hydrogens is 200 g/mol. The number of aromatic nitrogens is 2. The van der Waals surface area contributed by atoms with E-state index in [1.165, 1.54) is 0 Å². The quantitative estimate of drug-likeness (QED) is 0.852. The number of aryl methyl sites for hydroxylation is 1. The van der Waals surface area contributed by atoms with E-state index in [-0.39, 0.29) is 5.56 Å². The highest BCUT2D eigenvalue weighted by Gasteiger charge is 2.05. The van der Waals surface area contributed by atoms with E-state index in [4.69, 9.17) is 0 Å². The summed E-state index contributed by atoms with van der Waals surface area (Å²) in [5.41, 5.74) is 2.83. The Labute approximate surface area is 94.2 Å². The Morgan fingerprint density at radius 2 is 2.12 bits per heavy atom. The molecule has 2 aromatic rings. The van der Waals surface area contributed by atoms with Crippen molar-refractivity contribution < 1.29 is 0 Å². The molecule has 0 spiro atoms. The number of nitrogens with zero attached hydrogens (tertiary/aromatic N) is 1. The summed E-state index contributed by atoms with van der Waals surface area (Å²) >= 11 is 0. The first-order valence-corrected chi connectivity index (χ1v) is 5.45. The van der Waals surface area contributed by atoms with Crippen LogP contribution in [0, 0.1) is 0 Å². The first-order chi connectivity index (χ1) is 7.81. The van der Waals surface area contributed by atoms with Gasteiger partial charge in [-0.15, -0.1) is 0 Å². The Kier molecular flexibility index (Phi) is 3.15. The van der Waals surface area contributed by atoms with Crippen molar-refractivity contribution in [3.8, 4) is 11.3 Å². The number of aromatic amines is 1. The van der Waals surface area contributed by atoms with Gasteiger partial charge >= 0.3 is 0 Å². The first kappa shape index (κ1) is 10.6. The summed E-state index contributed by atoms with van der Waals surface area (Å²) in [6.45, 7) is 2.09. The van der Waals surface area contributed by atoms with Crippen molar-refractivity contribution in [1.29, 1.82) is 0 Å². The van der Waals surface area contributed by atoms with Crippen molar-refractivity contribution in [2.45, 2.75) is 19.8 Å². The van der Waals surface area contributed by atoms with Gasteiger partial charge in [0.05, 0.1) is 5.69 Å². The molecule has 0 saturated heterocycles. The Balaban J connectivity index is 2.52. The molecule has 0 unspecified atom stereocenters. The van der Waals surface area contributed by atoms with Crippen molar-refractivity contribution in [2.75, 3.05) is 0 Å². The fourth-order valence-electron chi connectivity index (χ4n) is 1.73. The van der Waals surface area contributed by atoms with Crippen molar-refractivity contribution in [3.05, 3.63) is 52.6 Å². The molecule has 2 heterocycles. The molecule has 0 aliphatic heterocycles. The van der Waals surface area contributed by atoms with E-state index in [2.05, 4.69) is 16.9 Å². The maximum Gasteiger partial charge on any atom is 0.248 e. The fraction of sp³-hybridized carbons (Fsp3) is 0.231. The molecule has 2 aromatic heterocycles. The molecule has 82 valence electrons. The maximum atomic E-state index is 11.3. The number of hydrogen-bond acceptors (Lipinski definition) is 2. The van der Waals surface area contributed by atoms with Gasteiger partial charge in [0.15, 0.2) is 0 Å². The van der Waals surface area contributed by atoms with Crippen LogP contribution in [0.2, 0.25) is 0 Å². The Morgan fingerprint density at radius 3 is 2.81 bits per heavy atom. The molecular formula is C13H14N2O. The van der Waals surface area contributed by atoms with Crippen LogP contribution >= 0.6 is 0 Å². The molecule has 0 saturated carbocycles. The summed E-state index contributed by atoms with van der Waals surface area (Å²) in [6.07, 6.45) is 3.62. The van der Waals surface area contributed by atoms with Gasteiger partial charge in [0.1, 0.15) is 0 Å². The topological polar surface area (TPSA) is 45.8 Å². The van der Waals surface area contributed by atoms with Crippen LogP contribution in [0.4, 0.5) is 0 Å². The van der Waals surface area contributed by atoms with Crippen LogP contribution in [-0.4, -0.2) is 9.97 Å². The summed E-state index contributed by atoms with van der Waals surface area (Å²) < 4.78 is 0. The molecule has 0 fully saturated rings. The normalized spacial score (nSPS) is 10.3. The highest BCUT2D eigenvalue weighted by atomic mass is 16.1. The zero-order valence-corrected chi connectivity index (χ0v) is 9.23. The van der Waals surface area contributed by atoms with E-state index in [0.717, 1.165) is 29.8 Å². The number of H-pyrrole nitrogens is 1. The largest absolute Gasteiger partial charge is 0.326 e. The van der Waals surface area contributed by atoms with Gasteiger partial charge < -0.3 is 4.98 Å². The summed E-state index contributed by atoms with van der Waals surface area (Å²) in [7, 11) is 0. The second kappa shape index (κ2) is 4.75. The van der Waals surface area contributed by atoms with E-state index >= 15 is 0 Å². The second-order valence-electron chi connectivity index (χ2n) is 3.68. The number of rotatable bonds is 3. The monoisotopic (exact) mass is 214 g/mol. The highest BCUT2D eigenvalue weighted by molar-refractivity contribution is 5.61. The Bertz CT molecular complexity index is 517. The SMILES string of the molecule is CCCc1[nH]c(=O)ccc1-c1ccccn1. The number of pyridine rings is 2. The van der Waals surface area contributed by atoms with Crippen molar-refractivity contribution in [1.82, 2.24) is 9.97 Å². The molecule has 0 aromatic carbocycles. The summed E-state index contributed by atoms with van der Waals surface area (Å²) in [5.74, 6) is 0. The zero-order valence-electron chi connectivity index (χ0n) is 9.23. The van der Waals surface area contributed by atoms with Gasteiger partial charge in [-0.2, -0.15) is 0 Å². The molecule has 0 aliphatic carbocycles. The van der Waals surface area contributed by atoms with Gasteiger partial charge in [-0.25, -0.2) is 0 Å². The van der Waals surface area contributed by atoms with Crippen molar-refractivity contribution in [2.24, 2.45) is 0 Å². The van der Waals surface area contributed by atoms with Crippen LogP contribution in [0.5, 0.6) is 0 Å². The van der Waals surface area contributed by atoms with Crippen LogP contribution in [0.1, 0.15) is 19.0 Å². The molecule has 1 N–H and O–H groups in total. The van der Waals surface area contributed by atoms with E-state index in [9.17, 15) is 4.79 Å². The zero-order chi connectivity index (χ0) is 11.4. The predicted molar refractivity (Wildman–Crippen MR) is 64.3 cm³/mol. The minimum Gasteiger partial charge on any atom is -0.326 e. The summed E-state index contributed by atoms with van der Waals surface area (Å²) in [6, 6.07) is 9.17. The van der Waals surface area contributed by atoms with Gasteiger partial charge in [-0.3, -0.25) is 9.78 Å². The van der Waals surface area contributed by atoms with Crippen LogP contribution in [0.25, 0.3) is 11.3 Å². The molecule has 3 heteroatoms. The maximum absolute atomic E-state index is 11.3. The first-order valence-electron chi connectivity index (χ1n) is 5.45. The Hall–Kier alpha value is -1.90. The molecule has 0 atom stereocenters. The summed E-state index contributed by atoms with van der Waals surface area (Å²) in [5, 5.41) is 0. The molecule has 2 rings (SSSR count). The summed E-state index contributed by atoms with van der Waals surface area (Å²) in [4.78, 5) is 18.5. The van der Waals surface area contributed by atoms with Crippen molar-refractivity contribution >= 4 is 0 Å². The lowest BCUT2D eigenvalue weighted by atomic mass is 10.1. The number of hydrogen-bond donors (Lipinski definition) is 1. The van der Waals surface area contributed by atoms with Gasteiger partial charge in [-0.1, -0.05) is 19.4 Å². The third kappa shape index (κ3) is 2.19. The smallest absolute Gasteiger partial charge is 0.248 e. The van der Waals surface area contributed by atoms with Gasteiger partial charge in [0.25, 0.3) is 0 Å². The fourth-order valence-corrected chi connectivity index (χ4v) is 1.73. The lowest BCUT2D eigenvalue weighted by Crippen LogP contribution is -2.08. The molecule has 0 amide bonds. The van der Waals surface area contributed by atoms with Gasteiger partial charge in [0.2, 0.25) is 5.56 Å². The van der Waals surface area contributed by atoms with Crippen LogP contribution in [0.15, 0.2) is 41.3 Å². The third-order valence-electron chi connectivity index (χ3n) is 2.44. The predicted octanol–water partition coefficient (Wildman–Crippen LogP) is 2.39.